The maximum Gasteiger partial charge on any atom is 0.416 e. The zero-order chi connectivity index (χ0) is 21.7. The van der Waals surface area contributed by atoms with Crippen LogP contribution < -0.4 is 5.32 Å². The Morgan fingerprint density at radius 2 is 1.93 bits per heavy atom. The Morgan fingerprint density at radius 3 is 2.57 bits per heavy atom. The second-order valence-corrected chi connectivity index (χ2v) is 7.81. The molecule has 1 N–H and O–H groups in total. The Hall–Kier alpha value is -2.92. The van der Waals surface area contributed by atoms with Crippen molar-refractivity contribution in [1.82, 2.24) is 15.0 Å². The molecule has 1 aliphatic rings. The Kier molecular flexibility index (Phi) is 4.82. The van der Waals surface area contributed by atoms with Crippen LogP contribution in [0.3, 0.4) is 0 Å². The molecule has 1 fully saturated rings. The van der Waals surface area contributed by atoms with Crippen molar-refractivity contribution in [3.05, 3.63) is 57.5 Å². The number of anilines is 1. The van der Waals surface area contributed by atoms with Crippen LogP contribution >= 0.6 is 11.6 Å². The van der Waals surface area contributed by atoms with Gasteiger partial charge in [0, 0.05) is 12.1 Å². The van der Waals surface area contributed by atoms with Gasteiger partial charge in [0.05, 0.1) is 22.4 Å². The molecule has 5 nitrogen and oxygen atoms in total. The highest BCUT2D eigenvalue weighted by Crippen LogP contribution is 2.50. The van der Waals surface area contributed by atoms with E-state index in [0.717, 1.165) is 6.07 Å². The molecule has 0 bridgehead atoms. The van der Waals surface area contributed by atoms with Crippen LogP contribution in [0.1, 0.15) is 40.9 Å². The van der Waals surface area contributed by atoms with Crippen LogP contribution in [-0.2, 0) is 18.1 Å². The molecule has 1 aliphatic carbocycles. The van der Waals surface area contributed by atoms with E-state index in [1.54, 1.807) is 19.1 Å². The lowest BCUT2D eigenvalue weighted by Crippen LogP contribution is -2.12. The maximum atomic E-state index is 13.2. The van der Waals surface area contributed by atoms with Crippen LogP contribution in [0.15, 0.2) is 24.3 Å². The maximum absolute atomic E-state index is 13.2. The molecule has 0 spiro atoms. The first-order chi connectivity index (χ1) is 14.1. The number of nitrogens with zero attached hydrogens (tertiary/aromatic N) is 4. The summed E-state index contributed by atoms with van der Waals surface area (Å²) in [5.74, 6) is 0.886. The number of alkyl halides is 3. The average molecular weight is 432 g/mol. The quantitative estimate of drug-likeness (QED) is 0.553. The van der Waals surface area contributed by atoms with Gasteiger partial charge in [-0.1, -0.05) is 23.7 Å². The minimum atomic E-state index is -4.41. The predicted molar refractivity (Wildman–Crippen MR) is 107 cm³/mol. The minimum Gasteiger partial charge on any atom is -0.365 e. The van der Waals surface area contributed by atoms with E-state index < -0.39 is 17.2 Å². The van der Waals surface area contributed by atoms with Crippen LogP contribution in [0, 0.1) is 25.2 Å². The van der Waals surface area contributed by atoms with Crippen LogP contribution in [0.4, 0.5) is 19.0 Å². The number of pyridine rings is 1. The lowest BCUT2D eigenvalue weighted by atomic mass is 9.98. The highest BCUT2D eigenvalue weighted by Gasteiger charge is 2.47. The van der Waals surface area contributed by atoms with E-state index in [4.69, 9.17) is 11.6 Å². The molecule has 4 rings (SSSR count). The summed E-state index contributed by atoms with van der Waals surface area (Å²) in [7, 11) is 0. The molecular weight excluding hydrogens is 415 g/mol. The normalized spacial score (nSPS) is 15.1. The van der Waals surface area contributed by atoms with Crippen LogP contribution in [-0.4, -0.2) is 15.0 Å². The van der Waals surface area contributed by atoms with Crippen molar-refractivity contribution in [1.29, 1.82) is 5.26 Å². The Bertz CT molecular complexity index is 1200. The molecule has 0 saturated heterocycles. The smallest absolute Gasteiger partial charge is 0.365 e. The minimum absolute atomic E-state index is 0.142. The largest absolute Gasteiger partial charge is 0.416 e. The summed E-state index contributed by atoms with van der Waals surface area (Å²) in [6.07, 6.45) is -3.01. The number of benzene rings is 1. The van der Waals surface area contributed by atoms with E-state index in [1.165, 1.54) is 13.0 Å². The van der Waals surface area contributed by atoms with Gasteiger partial charge in [-0.25, -0.2) is 15.0 Å². The second kappa shape index (κ2) is 7.10. The number of halogens is 4. The zero-order valence-corrected chi connectivity index (χ0v) is 17.0. The summed E-state index contributed by atoms with van der Waals surface area (Å²) >= 11 is 6.32. The van der Waals surface area contributed by atoms with Gasteiger partial charge in [0.2, 0.25) is 0 Å². The monoisotopic (exact) mass is 431 g/mol. The first kappa shape index (κ1) is 20.4. The molecule has 30 heavy (non-hydrogen) atoms. The molecule has 0 atom stereocenters. The molecule has 0 radical (unpaired) electrons. The molecule has 1 aromatic carbocycles. The summed E-state index contributed by atoms with van der Waals surface area (Å²) in [6, 6.07) is 8.16. The van der Waals surface area contributed by atoms with Crippen molar-refractivity contribution >= 4 is 28.5 Å². The highest BCUT2D eigenvalue weighted by molar-refractivity contribution is 6.30. The van der Waals surface area contributed by atoms with Gasteiger partial charge in [0.15, 0.2) is 5.65 Å². The summed E-state index contributed by atoms with van der Waals surface area (Å²) in [6.45, 7) is 3.29. The predicted octanol–water partition coefficient (Wildman–Crippen LogP) is 5.48. The fraction of sp³-hybridized carbons (Fsp3) is 0.333. The molecule has 3 aromatic rings. The Balaban J connectivity index is 1.73. The number of nitrogens with one attached hydrogen (secondary N) is 1. The van der Waals surface area contributed by atoms with Crippen molar-refractivity contribution in [2.75, 3.05) is 5.32 Å². The van der Waals surface area contributed by atoms with Crippen molar-refractivity contribution in [2.45, 2.75) is 44.8 Å². The van der Waals surface area contributed by atoms with Gasteiger partial charge in [-0.15, -0.1) is 0 Å². The van der Waals surface area contributed by atoms with Crippen LogP contribution in [0.5, 0.6) is 0 Å². The van der Waals surface area contributed by atoms with Gasteiger partial charge < -0.3 is 5.32 Å². The van der Waals surface area contributed by atoms with E-state index in [0.29, 0.717) is 46.6 Å². The molecular formula is C21H17ClF3N5. The third-order valence-electron chi connectivity index (χ3n) is 5.43. The molecule has 9 heteroatoms. The van der Waals surface area contributed by atoms with E-state index in [1.807, 2.05) is 0 Å². The number of aryl methyl sites for hydroxylation is 1. The summed E-state index contributed by atoms with van der Waals surface area (Å²) < 4.78 is 39.6. The number of nitriles is 1. The third kappa shape index (κ3) is 3.54. The molecule has 2 aromatic heterocycles. The topological polar surface area (TPSA) is 74.5 Å². The third-order valence-corrected chi connectivity index (χ3v) is 5.72. The van der Waals surface area contributed by atoms with Gasteiger partial charge in [-0.2, -0.15) is 18.4 Å². The molecule has 154 valence electrons. The average Bonchev–Trinajstić information content (AvgIpc) is 3.46. The van der Waals surface area contributed by atoms with Crippen molar-refractivity contribution in [2.24, 2.45) is 0 Å². The van der Waals surface area contributed by atoms with E-state index in [-0.39, 0.29) is 17.3 Å². The standard InChI is InChI=1S/C21H17ClF3N5/c1-11-13(4-3-5-15(11)21(23,24)25)9-27-18-14-8-16(20(10-26)6-7-20)17(22)30-19(14)29-12(2)28-18/h3-5,8H,6-7,9H2,1-2H3,(H,27,28,29,30). The Labute approximate surface area is 175 Å². The van der Waals surface area contributed by atoms with Crippen molar-refractivity contribution in [3.8, 4) is 6.07 Å². The lowest BCUT2D eigenvalue weighted by molar-refractivity contribution is -0.138. The van der Waals surface area contributed by atoms with Crippen molar-refractivity contribution in [3.63, 3.8) is 0 Å². The van der Waals surface area contributed by atoms with Gasteiger partial charge >= 0.3 is 6.18 Å². The number of aromatic nitrogens is 3. The SMILES string of the molecule is Cc1nc(NCc2cccc(C(F)(F)F)c2C)c2cc(C3(C#N)CC3)c(Cl)nc2n1. The highest BCUT2D eigenvalue weighted by atomic mass is 35.5. The molecule has 0 unspecified atom stereocenters. The van der Waals surface area contributed by atoms with E-state index >= 15 is 0 Å². The summed E-state index contributed by atoms with van der Waals surface area (Å²) in [4.78, 5) is 13.1. The zero-order valence-electron chi connectivity index (χ0n) is 16.2. The van der Waals surface area contributed by atoms with E-state index in [9.17, 15) is 18.4 Å². The van der Waals surface area contributed by atoms with Gasteiger partial charge in [-0.3, -0.25) is 0 Å². The first-order valence-corrected chi connectivity index (χ1v) is 9.68. The molecule has 0 aliphatic heterocycles. The molecule has 2 heterocycles. The fourth-order valence-corrected chi connectivity index (χ4v) is 3.85. The fourth-order valence-electron chi connectivity index (χ4n) is 3.54. The number of fused-ring (bicyclic) bond motifs is 1. The van der Waals surface area contributed by atoms with Crippen LogP contribution in [0.25, 0.3) is 11.0 Å². The van der Waals surface area contributed by atoms with Crippen molar-refractivity contribution < 1.29 is 13.2 Å². The lowest BCUT2D eigenvalue weighted by Gasteiger charge is -2.16. The van der Waals surface area contributed by atoms with Gasteiger partial charge in [0.1, 0.15) is 16.8 Å². The van der Waals surface area contributed by atoms with Gasteiger partial charge in [0.25, 0.3) is 0 Å². The summed E-state index contributed by atoms with van der Waals surface area (Å²) in [5, 5.41) is 13.4. The number of hydrogen-bond donors (Lipinski definition) is 1. The number of rotatable bonds is 4. The first-order valence-electron chi connectivity index (χ1n) is 9.31. The van der Waals surface area contributed by atoms with Gasteiger partial charge in [-0.05, 0) is 49.9 Å². The molecule has 0 amide bonds. The molecule has 1 saturated carbocycles. The second-order valence-electron chi connectivity index (χ2n) is 7.45. The summed E-state index contributed by atoms with van der Waals surface area (Å²) in [5.41, 5.74) is 0.366. The number of hydrogen-bond acceptors (Lipinski definition) is 5. The van der Waals surface area contributed by atoms with E-state index in [2.05, 4.69) is 26.3 Å². The van der Waals surface area contributed by atoms with Crippen LogP contribution in [0.2, 0.25) is 5.15 Å². The Morgan fingerprint density at radius 1 is 1.20 bits per heavy atom.